The van der Waals surface area contributed by atoms with E-state index < -0.39 is 30.1 Å². The van der Waals surface area contributed by atoms with Gasteiger partial charge >= 0.3 is 12.1 Å². The summed E-state index contributed by atoms with van der Waals surface area (Å²) >= 11 is 0. The van der Waals surface area contributed by atoms with E-state index in [0.29, 0.717) is 57.6 Å². The van der Waals surface area contributed by atoms with Gasteiger partial charge in [0.25, 0.3) is 11.8 Å². The first-order chi connectivity index (χ1) is 26.1. The van der Waals surface area contributed by atoms with Gasteiger partial charge in [0.2, 0.25) is 17.7 Å². The average Bonchev–Trinajstić information content (AvgIpc) is 3.83. The van der Waals surface area contributed by atoms with Crippen LogP contribution in [0.5, 0.6) is 5.88 Å². The molecule has 1 aromatic heterocycles. The van der Waals surface area contributed by atoms with Crippen molar-refractivity contribution in [3.05, 3.63) is 42.1 Å². The zero-order valence-corrected chi connectivity index (χ0v) is 31.3. The largest absolute Gasteiger partial charge is 0.467 e. The minimum absolute atomic E-state index is 0.0300. The van der Waals surface area contributed by atoms with Gasteiger partial charge in [-0.3, -0.25) is 24.0 Å². The van der Waals surface area contributed by atoms with Crippen molar-refractivity contribution >= 4 is 35.7 Å². The van der Waals surface area contributed by atoms with E-state index in [-0.39, 0.29) is 68.1 Å². The van der Waals surface area contributed by atoms with E-state index in [4.69, 9.17) is 14.2 Å². The molecule has 5 rings (SSSR count). The second-order valence-electron chi connectivity index (χ2n) is 13.9. The topological polar surface area (TPSA) is 182 Å². The maximum atomic E-state index is 13.8. The quantitative estimate of drug-likeness (QED) is 0.180. The number of benzene rings is 1. The third-order valence-corrected chi connectivity index (χ3v) is 9.95. The SMILES string of the molecule is CCCCOC(=O)N1CCN(C(=O)C(CCCCOC(C)=O)NC(=O)c2cc(OCC(=O)N3CCCC3C(=O)NC3CCC3)n(-c3ccccc3)n2)CC1. The van der Waals surface area contributed by atoms with Crippen LogP contribution in [0.2, 0.25) is 0 Å². The summed E-state index contributed by atoms with van der Waals surface area (Å²) in [5.41, 5.74) is 0.555. The molecule has 0 radical (unpaired) electrons. The molecular formula is C38H53N7O9. The number of rotatable bonds is 17. The average molecular weight is 752 g/mol. The number of amides is 5. The van der Waals surface area contributed by atoms with Gasteiger partial charge in [0, 0.05) is 51.8 Å². The number of unbranched alkanes of at least 4 members (excludes halogenated alkanes) is 2. The molecule has 2 aromatic rings. The molecule has 2 atom stereocenters. The first kappa shape index (κ1) is 40.0. The Hall–Kier alpha value is -5.15. The molecule has 1 saturated carbocycles. The number of piperazine rings is 1. The normalized spacial score (nSPS) is 17.7. The van der Waals surface area contributed by atoms with Gasteiger partial charge in [0.15, 0.2) is 12.3 Å². The second kappa shape index (κ2) is 19.8. The zero-order valence-electron chi connectivity index (χ0n) is 31.3. The fraction of sp³-hybridized carbons (Fsp3) is 0.605. The number of likely N-dealkylation sites (tertiary alicyclic amines) is 1. The van der Waals surface area contributed by atoms with E-state index in [0.717, 1.165) is 32.1 Å². The number of aromatic nitrogens is 2. The lowest BCUT2D eigenvalue weighted by molar-refractivity contribution is -0.141. The van der Waals surface area contributed by atoms with Crippen molar-refractivity contribution in [2.75, 3.05) is 52.5 Å². The first-order valence-corrected chi connectivity index (χ1v) is 19.2. The molecule has 16 nitrogen and oxygen atoms in total. The highest BCUT2D eigenvalue weighted by Crippen LogP contribution is 2.24. The fourth-order valence-electron chi connectivity index (χ4n) is 6.62. The standard InChI is InChI=1S/C38H53N7O9/c1-3-4-23-53-38(51)43-21-19-42(20-22-43)37(50)30(16-8-9-24-52-27(2)46)40-35(48)31-25-34(45(41-31)29-14-6-5-7-15-29)54-26-33(47)44-18-11-17-32(44)36(49)39-28-12-10-13-28/h5-7,14-15,25,28,30,32H,3-4,8-13,16-24,26H2,1-2H3,(H,39,49)(H,40,48). The number of nitrogens with zero attached hydrogens (tertiary/aromatic N) is 5. The van der Waals surface area contributed by atoms with Crippen molar-refractivity contribution < 1.29 is 43.0 Å². The van der Waals surface area contributed by atoms with E-state index >= 15 is 0 Å². The minimum atomic E-state index is -0.927. The summed E-state index contributed by atoms with van der Waals surface area (Å²) in [5.74, 6) is -1.67. The molecule has 3 heterocycles. The monoisotopic (exact) mass is 751 g/mol. The lowest BCUT2D eigenvalue weighted by Crippen LogP contribution is -2.56. The van der Waals surface area contributed by atoms with E-state index in [1.54, 1.807) is 39.0 Å². The molecule has 0 bridgehead atoms. The summed E-state index contributed by atoms with van der Waals surface area (Å²) in [6.45, 7) is 5.10. The highest BCUT2D eigenvalue weighted by atomic mass is 16.6. The van der Waals surface area contributed by atoms with Gasteiger partial charge in [-0.2, -0.15) is 5.10 Å². The molecular weight excluding hydrogens is 698 g/mol. The summed E-state index contributed by atoms with van der Waals surface area (Å²) in [4.78, 5) is 82.4. The fourth-order valence-corrected chi connectivity index (χ4v) is 6.62. The van der Waals surface area contributed by atoms with Crippen molar-refractivity contribution in [3.8, 4) is 11.6 Å². The Morgan fingerprint density at radius 2 is 1.59 bits per heavy atom. The predicted molar refractivity (Wildman–Crippen MR) is 196 cm³/mol. The molecule has 54 heavy (non-hydrogen) atoms. The number of hydrogen-bond donors (Lipinski definition) is 2. The van der Waals surface area contributed by atoms with Gasteiger partial charge in [-0.15, -0.1) is 0 Å². The summed E-state index contributed by atoms with van der Waals surface area (Å²) in [6.07, 6.45) is 6.82. The molecule has 5 amide bonds. The number of carbonyl (C=O) groups is 6. The third kappa shape index (κ3) is 10.9. The van der Waals surface area contributed by atoms with Crippen LogP contribution < -0.4 is 15.4 Å². The molecule has 1 aromatic carbocycles. The molecule has 2 aliphatic heterocycles. The van der Waals surface area contributed by atoms with Gasteiger partial charge in [-0.05, 0) is 69.9 Å². The van der Waals surface area contributed by atoms with E-state index in [9.17, 15) is 28.8 Å². The number of carbonyl (C=O) groups excluding carboxylic acids is 6. The molecule has 3 fully saturated rings. The number of nitrogens with one attached hydrogen (secondary N) is 2. The van der Waals surface area contributed by atoms with Crippen molar-refractivity contribution in [2.24, 2.45) is 0 Å². The summed E-state index contributed by atoms with van der Waals surface area (Å²) in [5, 5.41) is 10.4. The first-order valence-electron chi connectivity index (χ1n) is 19.2. The molecule has 3 aliphatic rings. The maximum Gasteiger partial charge on any atom is 0.409 e. The number of hydrogen-bond acceptors (Lipinski definition) is 10. The van der Waals surface area contributed by atoms with E-state index in [1.807, 2.05) is 13.0 Å². The van der Waals surface area contributed by atoms with Gasteiger partial charge < -0.3 is 39.5 Å². The van der Waals surface area contributed by atoms with Gasteiger partial charge in [-0.1, -0.05) is 31.5 Å². The van der Waals surface area contributed by atoms with Crippen molar-refractivity contribution in [1.82, 2.24) is 35.1 Å². The Balaban J connectivity index is 1.26. The minimum Gasteiger partial charge on any atom is -0.467 e. The zero-order chi connectivity index (χ0) is 38.5. The van der Waals surface area contributed by atoms with Gasteiger partial charge in [-0.25, -0.2) is 9.48 Å². The van der Waals surface area contributed by atoms with Gasteiger partial charge in [0.05, 0.1) is 18.9 Å². The smallest absolute Gasteiger partial charge is 0.409 e. The van der Waals surface area contributed by atoms with Crippen molar-refractivity contribution in [1.29, 1.82) is 0 Å². The summed E-state index contributed by atoms with van der Waals surface area (Å²) < 4.78 is 17.8. The maximum absolute atomic E-state index is 13.8. The van der Waals surface area contributed by atoms with Crippen LogP contribution in [0, 0.1) is 0 Å². The van der Waals surface area contributed by atoms with Crippen LogP contribution in [-0.2, 0) is 28.7 Å². The molecule has 16 heteroatoms. The van der Waals surface area contributed by atoms with Crippen LogP contribution in [0.25, 0.3) is 5.69 Å². The number of ether oxygens (including phenoxy) is 3. The predicted octanol–water partition coefficient (Wildman–Crippen LogP) is 2.82. The molecule has 2 saturated heterocycles. The van der Waals surface area contributed by atoms with Crippen LogP contribution >= 0.6 is 0 Å². The number of esters is 1. The summed E-state index contributed by atoms with van der Waals surface area (Å²) in [6, 6.07) is 9.11. The lowest BCUT2D eigenvalue weighted by atomic mass is 9.93. The van der Waals surface area contributed by atoms with E-state index in [2.05, 4.69) is 15.7 Å². The second-order valence-corrected chi connectivity index (χ2v) is 13.9. The number of para-hydroxylation sites is 1. The van der Waals surface area contributed by atoms with Crippen LogP contribution in [-0.4, -0.2) is 131 Å². The van der Waals surface area contributed by atoms with E-state index in [1.165, 1.54) is 17.7 Å². The Morgan fingerprint density at radius 1 is 0.870 bits per heavy atom. The van der Waals surface area contributed by atoms with Crippen molar-refractivity contribution in [3.63, 3.8) is 0 Å². The Morgan fingerprint density at radius 3 is 2.28 bits per heavy atom. The molecule has 0 spiro atoms. The Bertz CT molecular complexity index is 1600. The Labute approximate surface area is 315 Å². The van der Waals surface area contributed by atoms with Crippen LogP contribution in [0.3, 0.4) is 0 Å². The highest BCUT2D eigenvalue weighted by molar-refractivity contribution is 5.96. The third-order valence-electron chi connectivity index (χ3n) is 9.95. The molecule has 1 aliphatic carbocycles. The lowest BCUT2D eigenvalue weighted by Gasteiger charge is -2.36. The molecule has 2 unspecified atom stereocenters. The van der Waals surface area contributed by atoms with Gasteiger partial charge in [0.1, 0.15) is 12.1 Å². The molecule has 294 valence electrons. The summed E-state index contributed by atoms with van der Waals surface area (Å²) in [7, 11) is 0. The highest BCUT2D eigenvalue weighted by Gasteiger charge is 2.36. The Kier molecular flexibility index (Phi) is 14.7. The van der Waals surface area contributed by atoms with Crippen LogP contribution in [0.4, 0.5) is 4.79 Å². The molecule has 2 N–H and O–H groups in total. The van der Waals surface area contributed by atoms with Crippen molar-refractivity contribution in [2.45, 2.75) is 96.2 Å². The van der Waals surface area contributed by atoms with Crippen LogP contribution in [0.1, 0.15) is 88.5 Å². The van der Waals surface area contributed by atoms with Crippen LogP contribution in [0.15, 0.2) is 36.4 Å².